The van der Waals surface area contributed by atoms with E-state index in [4.69, 9.17) is 5.73 Å². The molecule has 0 amide bonds. The topological polar surface area (TPSA) is 63.4 Å². The number of anilines is 1. The Kier molecular flexibility index (Phi) is 4.59. The second-order valence-electron chi connectivity index (χ2n) is 4.89. The summed E-state index contributed by atoms with van der Waals surface area (Å²) in [6.07, 6.45) is 0. The normalized spacial score (nSPS) is 11.8. The molecule has 0 aliphatic heterocycles. The fourth-order valence-corrected chi connectivity index (χ4v) is 3.16. The van der Waals surface area contributed by atoms with Crippen molar-refractivity contribution in [2.45, 2.75) is 12.3 Å². The summed E-state index contributed by atoms with van der Waals surface area (Å²) in [5.74, 6) is -0.515. The first kappa shape index (κ1) is 15.5. The molecule has 4 nitrogen and oxygen atoms in total. The molecular formula is C15H17FN2O2S. The zero-order valence-corrected chi connectivity index (χ0v) is 12.5. The molecule has 112 valence electrons. The summed E-state index contributed by atoms with van der Waals surface area (Å²) >= 11 is 0. The summed E-state index contributed by atoms with van der Waals surface area (Å²) in [7, 11) is -2.01. The third-order valence-electron chi connectivity index (χ3n) is 3.07. The maximum absolute atomic E-state index is 13.1. The summed E-state index contributed by atoms with van der Waals surface area (Å²) < 4.78 is 38.9. The summed E-state index contributed by atoms with van der Waals surface area (Å²) in [6, 6.07) is 12.7. The lowest BCUT2D eigenvalue weighted by atomic mass is 10.2. The molecule has 2 N–H and O–H groups in total. The number of benzene rings is 2. The Morgan fingerprint density at radius 2 is 1.76 bits per heavy atom. The van der Waals surface area contributed by atoms with E-state index >= 15 is 0 Å². The number of hydrogen-bond acceptors (Lipinski definition) is 3. The maximum Gasteiger partial charge on any atom is 0.218 e. The molecule has 0 heterocycles. The van der Waals surface area contributed by atoms with Crippen molar-refractivity contribution in [2.75, 3.05) is 12.8 Å². The Labute approximate surface area is 124 Å². The lowest BCUT2D eigenvalue weighted by Gasteiger charge is -2.17. The molecule has 2 aromatic rings. The van der Waals surface area contributed by atoms with Crippen LogP contribution in [0, 0.1) is 5.82 Å². The monoisotopic (exact) mass is 308 g/mol. The van der Waals surface area contributed by atoms with E-state index in [-0.39, 0.29) is 18.1 Å². The molecule has 0 aliphatic carbocycles. The molecule has 0 saturated heterocycles. The van der Waals surface area contributed by atoms with Gasteiger partial charge in [-0.3, -0.25) is 0 Å². The van der Waals surface area contributed by atoms with E-state index in [1.165, 1.54) is 23.5 Å². The van der Waals surface area contributed by atoms with Crippen molar-refractivity contribution in [3.05, 3.63) is 65.5 Å². The van der Waals surface area contributed by atoms with Gasteiger partial charge in [0.05, 0.1) is 5.75 Å². The summed E-state index contributed by atoms with van der Waals surface area (Å²) in [5.41, 5.74) is 7.40. The molecule has 2 rings (SSSR count). The van der Waals surface area contributed by atoms with Gasteiger partial charge in [-0.2, -0.15) is 0 Å². The Bertz CT molecular complexity index is 732. The lowest BCUT2D eigenvalue weighted by Crippen LogP contribution is -2.27. The van der Waals surface area contributed by atoms with Crippen LogP contribution in [0.5, 0.6) is 0 Å². The van der Waals surface area contributed by atoms with Gasteiger partial charge < -0.3 is 5.73 Å². The van der Waals surface area contributed by atoms with Crippen molar-refractivity contribution in [3.8, 4) is 0 Å². The van der Waals surface area contributed by atoms with E-state index < -0.39 is 10.0 Å². The minimum absolute atomic E-state index is 0.127. The molecule has 0 radical (unpaired) electrons. The average Bonchev–Trinajstić information content (AvgIpc) is 2.38. The lowest BCUT2D eigenvalue weighted by molar-refractivity contribution is 0.464. The zero-order chi connectivity index (χ0) is 15.5. The van der Waals surface area contributed by atoms with Crippen LogP contribution in [0.1, 0.15) is 11.1 Å². The Balaban J connectivity index is 2.12. The van der Waals surface area contributed by atoms with E-state index in [9.17, 15) is 12.8 Å². The van der Waals surface area contributed by atoms with E-state index in [2.05, 4.69) is 0 Å². The molecule has 0 aliphatic rings. The van der Waals surface area contributed by atoms with Crippen LogP contribution in [0.25, 0.3) is 0 Å². The number of hydrogen-bond donors (Lipinski definition) is 1. The number of nitrogen functional groups attached to an aromatic ring is 1. The third kappa shape index (κ3) is 4.27. The smallest absolute Gasteiger partial charge is 0.218 e. The second-order valence-corrected chi connectivity index (χ2v) is 6.96. The first-order chi connectivity index (χ1) is 9.87. The van der Waals surface area contributed by atoms with Gasteiger partial charge in [-0.05, 0) is 35.4 Å². The number of sulfonamides is 1. The molecule has 0 fully saturated rings. The largest absolute Gasteiger partial charge is 0.399 e. The van der Waals surface area contributed by atoms with Crippen molar-refractivity contribution < 1.29 is 12.8 Å². The van der Waals surface area contributed by atoms with E-state index in [1.807, 2.05) is 0 Å². The molecule has 21 heavy (non-hydrogen) atoms. The highest BCUT2D eigenvalue weighted by Gasteiger charge is 2.19. The zero-order valence-electron chi connectivity index (χ0n) is 11.7. The molecule has 0 atom stereocenters. The Morgan fingerprint density at radius 3 is 2.43 bits per heavy atom. The number of halogens is 1. The fraction of sp³-hybridized carbons (Fsp3) is 0.200. The standard InChI is InChI=1S/C15H17FN2O2S/c1-18(10-12-4-2-6-14(16)8-12)21(19,20)11-13-5-3-7-15(17)9-13/h2-9H,10-11,17H2,1H3. The van der Waals surface area contributed by atoms with Crippen molar-refractivity contribution in [2.24, 2.45) is 0 Å². The van der Waals surface area contributed by atoms with Crippen molar-refractivity contribution in [1.29, 1.82) is 0 Å². The molecule has 6 heteroatoms. The minimum atomic E-state index is -3.49. The summed E-state index contributed by atoms with van der Waals surface area (Å²) in [4.78, 5) is 0. The first-order valence-corrected chi connectivity index (χ1v) is 8.00. The number of nitrogens with zero attached hydrogens (tertiary/aromatic N) is 1. The molecule has 2 aromatic carbocycles. The van der Waals surface area contributed by atoms with Gasteiger partial charge in [0.25, 0.3) is 0 Å². The number of rotatable bonds is 5. The van der Waals surface area contributed by atoms with Crippen LogP contribution in [-0.2, 0) is 22.3 Å². The first-order valence-electron chi connectivity index (χ1n) is 6.40. The van der Waals surface area contributed by atoms with Crippen LogP contribution in [0.15, 0.2) is 48.5 Å². The van der Waals surface area contributed by atoms with Crippen molar-refractivity contribution in [3.63, 3.8) is 0 Å². The maximum atomic E-state index is 13.1. The van der Waals surface area contributed by atoms with Crippen LogP contribution in [0.3, 0.4) is 0 Å². The van der Waals surface area contributed by atoms with Crippen molar-refractivity contribution >= 4 is 15.7 Å². The van der Waals surface area contributed by atoms with Crippen LogP contribution in [0.2, 0.25) is 0 Å². The van der Waals surface area contributed by atoms with Crippen molar-refractivity contribution in [1.82, 2.24) is 4.31 Å². The highest BCUT2D eigenvalue weighted by atomic mass is 32.2. The minimum Gasteiger partial charge on any atom is -0.399 e. The van der Waals surface area contributed by atoms with Gasteiger partial charge >= 0.3 is 0 Å². The molecule has 0 aromatic heterocycles. The second kappa shape index (κ2) is 6.24. The molecule has 0 bridgehead atoms. The van der Waals surface area contributed by atoms with Gasteiger partial charge in [0, 0.05) is 19.3 Å². The predicted octanol–water partition coefficient (Wildman–Crippen LogP) is 2.37. The van der Waals surface area contributed by atoms with Gasteiger partial charge in [-0.15, -0.1) is 0 Å². The van der Waals surface area contributed by atoms with Gasteiger partial charge in [0.1, 0.15) is 5.82 Å². The SMILES string of the molecule is CN(Cc1cccc(F)c1)S(=O)(=O)Cc1cccc(N)c1. The van der Waals surface area contributed by atoms with E-state index in [1.54, 1.807) is 36.4 Å². The van der Waals surface area contributed by atoms with Gasteiger partial charge in [0.2, 0.25) is 10.0 Å². The Morgan fingerprint density at radius 1 is 1.10 bits per heavy atom. The summed E-state index contributed by atoms with van der Waals surface area (Å²) in [5, 5.41) is 0. The molecule has 0 saturated carbocycles. The molecule has 0 spiro atoms. The number of nitrogens with two attached hydrogens (primary N) is 1. The van der Waals surface area contributed by atoms with Crippen LogP contribution in [0.4, 0.5) is 10.1 Å². The van der Waals surface area contributed by atoms with Gasteiger partial charge in [0.15, 0.2) is 0 Å². The molecule has 0 unspecified atom stereocenters. The molecular weight excluding hydrogens is 291 g/mol. The Hall–Kier alpha value is -1.92. The van der Waals surface area contributed by atoms with Gasteiger partial charge in [-0.25, -0.2) is 17.1 Å². The van der Waals surface area contributed by atoms with E-state index in [0.29, 0.717) is 16.8 Å². The highest BCUT2D eigenvalue weighted by Crippen LogP contribution is 2.15. The fourth-order valence-electron chi connectivity index (χ4n) is 1.99. The average molecular weight is 308 g/mol. The van der Waals surface area contributed by atoms with E-state index in [0.717, 1.165) is 0 Å². The third-order valence-corrected chi connectivity index (χ3v) is 4.85. The quantitative estimate of drug-likeness (QED) is 0.863. The highest BCUT2D eigenvalue weighted by molar-refractivity contribution is 7.88. The summed E-state index contributed by atoms with van der Waals surface area (Å²) in [6.45, 7) is 0.127. The predicted molar refractivity (Wildman–Crippen MR) is 81.3 cm³/mol. The van der Waals surface area contributed by atoms with Crippen LogP contribution < -0.4 is 5.73 Å². The van der Waals surface area contributed by atoms with Crippen LogP contribution >= 0.6 is 0 Å². The van der Waals surface area contributed by atoms with Gasteiger partial charge in [-0.1, -0.05) is 24.3 Å². The van der Waals surface area contributed by atoms with Crippen LogP contribution in [-0.4, -0.2) is 19.8 Å².